The smallest absolute Gasteiger partial charge is 0.316 e. The number of nitrogens with zero attached hydrogens (tertiary/aromatic N) is 2. The third-order valence-corrected chi connectivity index (χ3v) is 2.19. The molecule has 1 aromatic rings. The van der Waals surface area contributed by atoms with Crippen LogP contribution in [0.15, 0.2) is 6.07 Å². The predicted molar refractivity (Wildman–Crippen MR) is 55.8 cm³/mol. The lowest BCUT2D eigenvalue weighted by Crippen LogP contribution is -2.31. The van der Waals surface area contributed by atoms with E-state index in [1.54, 1.807) is 0 Å². The molecule has 0 bridgehead atoms. The molecule has 1 N–H and O–H groups in total. The maximum atomic E-state index is 11.1. The van der Waals surface area contributed by atoms with Crippen LogP contribution in [0, 0.1) is 0 Å². The van der Waals surface area contributed by atoms with Gasteiger partial charge in [0.1, 0.15) is 5.41 Å². The quantitative estimate of drug-likeness (QED) is 0.819. The molecule has 0 atom stereocenters. The first-order chi connectivity index (χ1) is 7.41. The summed E-state index contributed by atoms with van der Waals surface area (Å²) < 4.78 is 9.90. The minimum atomic E-state index is -1.19. The van der Waals surface area contributed by atoms with Crippen LogP contribution in [0.2, 0.25) is 0 Å². The van der Waals surface area contributed by atoms with E-state index in [9.17, 15) is 4.79 Å². The van der Waals surface area contributed by atoms with Crippen molar-refractivity contribution in [1.29, 1.82) is 0 Å². The minimum absolute atomic E-state index is 0.149. The first-order valence-corrected chi connectivity index (χ1v) is 4.62. The molecule has 0 aliphatic heterocycles. The second-order valence-corrected chi connectivity index (χ2v) is 3.71. The molecule has 6 heteroatoms. The summed E-state index contributed by atoms with van der Waals surface area (Å²) in [4.78, 5) is 19.1. The number of ether oxygens (including phenoxy) is 2. The second kappa shape index (κ2) is 4.34. The molecule has 88 valence electrons. The van der Waals surface area contributed by atoms with Crippen molar-refractivity contribution < 1.29 is 19.4 Å². The van der Waals surface area contributed by atoms with Gasteiger partial charge in [-0.3, -0.25) is 4.79 Å². The number of aliphatic carboxylic acids is 1. The number of methoxy groups -OCH3 is 2. The molecule has 0 aliphatic rings. The van der Waals surface area contributed by atoms with Gasteiger partial charge in [0.2, 0.25) is 11.8 Å². The van der Waals surface area contributed by atoms with E-state index in [-0.39, 0.29) is 17.6 Å². The highest BCUT2D eigenvalue weighted by atomic mass is 16.5. The second-order valence-electron chi connectivity index (χ2n) is 3.71. The number of carboxylic acids is 1. The predicted octanol–water partition coefficient (Wildman–Crippen LogP) is 0.856. The lowest BCUT2D eigenvalue weighted by molar-refractivity contribution is -0.142. The first-order valence-electron chi connectivity index (χ1n) is 4.62. The summed E-state index contributed by atoms with van der Waals surface area (Å²) in [6, 6.07) is 1.49. The van der Waals surface area contributed by atoms with E-state index in [2.05, 4.69) is 9.97 Å². The topological polar surface area (TPSA) is 81.5 Å². The Morgan fingerprint density at radius 2 is 1.69 bits per heavy atom. The third-order valence-electron chi connectivity index (χ3n) is 2.19. The molecule has 1 rings (SSSR count). The Labute approximate surface area is 93.2 Å². The van der Waals surface area contributed by atoms with Gasteiger partial charge in [-0.2, -0.15) is 9.97 Å². The van der Waals surface area contributed by atoms with Gasteiger partial charge in [0.05, 0.1) is 20.3 Å². The Hall–Kier alpha value is -1.85. The average Bonchev–Trinajstić information content (AvgIpc) is 2.27. The van der Waals surface area contributed by atoms with Crippen LogP contribution in [0.3, 0.4) is 0 Å². The molecule has 0 aliphatic carbocycles. The van der Waals surface area contributed by atoms with Crippen LogP contribution in [0.4, 0.5) is 0 Å². The maximum absolute atomic E-state index is 11.1. The Bertz CT molecular complexity index is 382. The number of carbonyl (C=O) groups is 1. The molecule has 0 unspecified atom stereocenters. The van der Waals surface area contributed by atoms with E-state index in [1.165, 1.54) is 34.1 Å². The number of hydrogen-bond donors (Lipinski definition) is 1. The molecule has 0 saturated heterocycles. The van der Waals surface area contributed by atoms with Crippen molar-refractivity contribution in [2.75, 3.05) is 14.2 Å². The molecule has 6 nitrogen and oxygen atoms in total. The Morgan fingerprint density at radius 3 is 2.00 bits per heavy atom. The van der Waals surface area contributed by atoms with Gasteiger partial charge in [-0.05, 0) is 13.8 Å². The zero-order valence-corrected chi connectivity index (χ0v) is 9.64. The van der Waals surface area contributed by atoms with Crippen LogP contribution in [-0.2, 0) is 10.2 Å². The molecule has 16 heavy (non-hydrogen) atoms. The van der Waals surface area contributed by atoms with Crippen LogP contribution in [0.25, 0.3) is 0 Å². The molecule has 0 fully saturated rings. The van der Waals surface area contributed by atoms with Crippen molar-refractivity contribution in [1.82, 2.24) is 9.97 Å². The van der Waals surface area contributed by atoms with Crippen LogP contribution in [0.5, 0.6) is 11.8 Å². The largest absolute Gasteiger partial charge is 0.481 e. The number of rotatable bonds is 4. The summed E-state index contributed by atoms with van der Waals surface area (Å²) in [7, 11) is 2.89. The third kappa shape index (κ3) is 2.21. The molecular weight excluding hydrogens is 212 g/mol. The molecule has 0 amide bonds. The van der Waals surface area contributed by atoms with Gasteiger partial charge in [0.15, 0.2) is 5.82 Å². The molecule has 0 radical (unpaired) electrons. The van der Waals surface area contributed by atoms with E-state index in [0.29, 0.717) is 0 Å². The maximum Gasteiger partial charge on any atom is 0.316 e. The summed E-state index contributed by atoms with van der Waals surface area (Å²) in [6.07, 6.45) is 0. The Morgan fingerprint density at radius 1 is 1.25 bits per heavy atom. The molecule has 0 aromatic carbocycles. The highest BCUT2D eigenvalue weighted by Crippen LogP contribution is 2.24. The van der Waals surface area contributed by atoms with Gasteiger partial charge < -0.3 is 14.6 Å². The molecule has 1 heterocycles. The van der Waals surface area contributed by atoms with Gasteiger partial charge in [-0.25, -0.2) is 0 Å². The monoisotopic (exact) mass is 226 g/mol. The first kappa shape index (κ1) is 12.2. The molecular formula is C10H14N2O4. The van der Waals surface area contributed by atoms with Gasteiger partial charge >= 0.3 is 5.97 Å². The summed E-state index contributed by atoms with van der Waals surface area (Å²) in [5.41, 5.74) is -1.19. The standard InChI is InChI=1S/C10H14N2O4/c1-10(2,9(13)14)8-11-6(15-3)5-7(12-8)16-4/h5H,1-4H3,(H,13,14). The van der Waals surface area contributed by atoms with Crippen molar-refractivity contribution in [3.63, 3.8) is 0 Å². The molecule has 1 aromatic heterocycles. The lowest BCUT2D eigenvalue weighted by atomic mass is 9.93. The van der Waals surface area contributed by atoms with Crippen LogP contribution in [0.1, 0.15) is 19.7 Å². The number of carboxylic acid groups (broad SMARTS) is 1. The summed E-state index contributed by atoms with van der Waals surface area (Å²) in [6.45, 7) is 3.03. The van der Waals surface area contributed by atoms with Crippen molar-refractivity contribution in [2.24, 2.45) is 0 Å². The summed E-state index contributed by atoms with van der Waals surface area (Å²) in [5.74, 6) is -0.314. The van der Waals surface area contributed by atoms with Crippen molar-refractivity contribution in [3.8, 4) is 11.8 Å². The van der Waals surface area contributed by atoms with Crippen LogP contribution < -0.4 is 9.47 Å². The zero-order chi connectivity index (χ0) is 12.3. The molecule has 0 spiro atoms. The van der Waals surface area contributed by atoms with E-state index in [1.807, 2.05) is 0 Å². The highest BCUT2D eigenvalue weighted by molar-refractivity contribution is 5.79. The Kier molecular flexibility index (Phi) is 3.31. The molecule has 0 saturated carbocycles. The van der Waals surface area contributed by atoms with Gasteiger partial charge in [-0.15, -0.1) is 0 Å². The highest BCUT2D eigenvalue weighted by Gasteiger charge is 2.33. The van der Waals surface area contributed by atoms with E-state index >= 15 is 0 Å². The fraction of sp³-hybridized carbons (Fsp3) is 0.500. The minimum Gasteiger partial charge on any atom is -0.481 e. The van der Waals surface area contributed by atoms with Crippen molar-refractivity contribution in [2.45, 2.75) is 19.3 Å². The zero-order valence-electron chi connectivity index (χ0n) is 9.64. The van der Waals surface area contributed by atoms with Crippen LogP contribution in [-0.4, -0.2) is 35.3 Å². The fourth-order valence-corrected chi connectivity index (χ4v) is 0.988. The summed E-state index contributed by atoms with van der Waals surface area (Å²) >= 11 is 0. The van der Waals surface area contributed by atoms with E-state index in [4.69, 9.17) is 14.6 Å². The van der Waals surface area contributed by atoms with Crippen molar-refractivity contribution >= 4 is 5.97 Å². The number of hydrogen-bond acceptors (Lipinski definition) is 5. The summed E-state index contributed by atoms with van der Waals surface area (Å²) in [5, 5.41) is 9.06. The SMILES string of the molecule is COc1cc(OC)nc(C(C)(C)C(=O)O)n1. The fourth-order valence-electron chi connectivity index (χ4n) is 0.988. The van der Waals surface area contributed by atoms with Gasteiger partial charge in [0.25, 0.3) is 0 Å². The van der Waals surface area contributed by atoms with Gasteiger partial charge in [-0.1, -0.05) is 0 Å². The number of aromatic nitrogens is 2. The van der Waals surface area contributed by atoms with E-state index < -0.39 is 11.4 Å². The normalized spacial score (nSPS) is 11.0. The van der Waals surface area contributed by atoms with Crippen molar-refractivity contribution in [3.05, 3.63) is 11.9 Å². The van der Waals surface area contributed by atoms with Gasteiger partial charge in [0, 0.05) is 0 Å². The van der Waals surface area contributed by atoms with E-state index in [0.717, 1.165) is 0 Å². The van der Waals surface area contributed by atoms with Crippen LogP contribution >= 0.6 is 0 Å². The average molecular weight is 226 g/mol. The Balaban J connectivity index is 3.27. The lowest BCUT2D eigenvalue weighted by Gasteiger charge is -2.18.